The number of piperazine rings is 1. The van der Waals surface area contributed by atoms with Crippen LogP contribution in [0.15, 0.2) is 58.4 Å². The second kappa shape index (κ2) is 10.5. The molecule has 1 aromatic carbocycles. The lowest BCUT2D eigenvalue weighted by molar-refractivity contribution is -0.123. The second-order valence-corrected chi connectivity index (χ2v) is 11.1. The van der Waals surface area contributed by atoms with Crippen LogP contribution >= 0.6 is 24.0 Å². The molecular formula is C27H26FN5O3S2. The van der Waals surface area contributed by atoms with E-state index in [1.54, 1.807) is 41.4 Å². The summed E-state index contributed by atoms with van der Waals surface area (Å²) < 4.78 is 21.0. The fourth-order valence-corrected chi connectivity index (χ4v) is 6.32. The van der Waals surface area contributed by atoms with Gasteiger partial charge in [0.1, 0.15) is 21.6 Å². The molecule has 11 heteroatoms. The molecule has 1 atom stereocenters. The van der Waals surface area contributed by atoms with Crippen molar-refractivity contribution < 1.29 is 13.9 Å². The number of amides is 1. The highest BCUT2D eigenvalue weighted by molar-refractivity contribution is 8.26. The van der Waals surface area contributed by atoms with Crippen molar-refractivity contribution in [3.05, 3.63) is 75.3 Å². The Kier molecular flexibility index (Phi) is 6.89. The van der Waals surface area contributed by atoms with Gasteiger partial charge in [0, 0.05) is 44.7 Å². The normalized spacial score (nSPS) is 21.3. The minimum Gasteiger partial charge on any atom is -0.376 e. The van der Waals surface area contributed by atoms with E-state index in [0.717, 1.165) is 18.5 Å². The summed E-state index contributed by atoms with van der Waals surface area (Å²) in [6.07, 6.45) is 5.19. The maximum absolute atomic E-state index is 13.7. The van der Waals surface area contributed by atoms with Crippen molar-refractivity contribution in [1.82, 2.24) is 14.3 Å². The van der Waals surface area contributed by atoms with Crippen molar-refractivity contribution in [3.63, 3.8) is 0 Å². The van der Waals surface area contributed by atoms with Crippen molar-refractivity contribution in [3.8, 4) is 0 Å². The van der Waals surface area contributed by atoms with E-state index in [9.17, 15) is 14.0 Å². The summed E-state index contributed by atoms with van der Waals surface area (Å²) >= 11 is 6.72. The van der Waals surface area contributed by atoms with E-state index in [-0.39, 0.29) is 23.4 Å². The predicted octanol–water partition coefficient (Wildman–Crippen LogP) is 3.54. The number of hydrogen-bond acceptors (Lipinski definition) is 8. The van der Waals surface area contributed by atoms with E-state index in [2.05, 4.69) is 9.80 Å². The average molecular weight is 552 g/mol. The highest BCUT2D eigenvalue weighted by Gasteiger charge is 2.35. The molecule has 3 saturated heterocycles. The zero-order chi connectivity index (χ0) is 26.2. The molecule has 8 nitrogen and oxygen atoms in total. The average Bonchev–Trinajstić information content (AvgIpc) is 3.55. The first-order valence-electron chi connectivity index (χ1n) is 12.6. The molecule has 0 N–H and O–H groups in total. The van der Waals surface area contributed by atoms with Gasteiger partial charge in [-0.1, -0.05) is 30.0 Å². The topological polar surface area (TPSA) is 70.4 Å². The summed E-state index contributed by atoms with van der Waals surface area (Å²) in [4.78, 5) is 38.1. The minimum absolute atomic E-state index is 0.0159. The first-order chi connectivity index (χ1) is 18.5. The molecular weight excluding hydrogens is 525 g/mol. The number of thioether (sulfide) groups is 1. The summed E-state index contributed by atoms with van der Waals surface area (Å²) in [6, 6.07) is 11.9. The summed E-state index contributed by atoms with van der Waals surface area (Å²) in [6.45, 7) is 3.73. The summed E-state index contributed by atoms with van der Waals surface area (Å²) in [5.41, 5.74) is 1.61. The molecule has 3 aromatic rings. The van der Waals surface area contributed by atoms with Crippen LogP contribution in [0.25, 0.3) is 11.7 Å². The molecule has 0 aliphatic carbocycles. The number of benzene rings is 1. The molecule has 0 spiro atoms. The van der Waals surface area contributed by atoms with Gasteiger partial charge >= 0.3 is 0 Å². The Bertz CT molecular complexity index is 1480. The van der Waals surface area contributed by atoms with Crippen LogP contribution in [-0.4, -0.2) is 69.9 Å². The van der Waals surface area contributed by atoms with E-state index in [4.69, 9.17) is 21.9 Å². The first-order valence-corrected chi connectivity index (χ1v) is 13.8. The lowest BCUT2D eigenvalue weighted by atomic mass is 10.2. The van der Waals surface area contributed by atoms with Crippen LogP contribution in [0.2, 0.25) is 0 Å². The number of thiocarbonyl (C=S) groups is 1. The summed E-state index contributed by atoms with van der Waals surface area (Å²) in [5.74, 6) is 0.0727. The highest BCUT2D eigenvalue weighted by Crippen LogP contribution is 2.34. The molecule has 3 fully saturated rings. The lowest BCUT2D eigenvalue weighted by Gasteiger charge is -2.37. The third-order valence-electron chi connectivity index (χ3n) is 7.08. The van der Waals surface area contributed by atoms with Crippen molar-refractivity contribution in [2.24, 2.45) is 0 Å². The van der Waals surface area contributed by atoms with Gasteiger partial charge in [0.05, 0.1) is 23.1 Å². The van der Waals surface area contributed by atoms with Gasteiger partial charge in [-0.3, -0.25) is 18.9 Å². The van der Waals surface area contributed by atoms with E-state index in [0.29, 0.717) is 65.6 Å². The summed E-state index contributed by atoms with van der Waals surface area (Å²) in [7, 11) is 0. The van der Waals surface area contributed by atoms with Gasteiger partial charge < -0.3 is 14.5 Å². The smallest absolute Gasteiger partial charge is 0.267 e. The number of carbonyl (C=O) groups excluding carboxylic acids is 1. The third-order valence-corrected chi connectivity index (χ3v) is 8.46. The van der Waals surface area contributed by atoms with Gasteiger partial charge in [0.2, 0.25) is 0 Å². The molecule has 2 aromatic heterocycles. The molecule has 3 aliphatic heterocycles. The number of pyridine rings is 1. The molecule has 1 amide bonds. The lowest BCUT2D eigenvalue weighted by Crippen LogP contribution is -2.47. The fraction of sp³-hybridized carbons (Fsp3) is 0.333. The Labute approximate surface area is 228 Å². The fourth-order valence-electron chi connectivity index (χ4n) is 5.07. The Morgan fingerprint density at radius 2 is 1.84 bits per heavy atom. The van der Waals surface area contributed by atoms with Crippen molar-refractivity contribution in [2.45, 2.75) is 18.9 Å². The zero-order valence-corrected chi connectivity index (χ0v) is 22.2. The maximum atomic E-state index is 13.7. The van der Waals surface area contributed by atoms with E-state index < -0.39 is 0 Å². The van der Waals surface area contributed by atoms with Crippen molar-refractivity contribution >= 4 is 57.4 Å². The molecule has 3 aliphatic rings. The third kappa shape index (κ3) is 4.81. The van der Waals surface area contributed by atoms with E-state index in [1.807, 2.05) is 6.07 Å². The van der Waals surface area contributed by atoms with Gasteiger partial charge in [-0.25, -0.2) is 9.37 Å². The number of hydrogen-bond donors (Lipinski definition) is 0. The standard InChI is InChI=1S/C27H26FN5O3S2/c28-18-6-8-19(9-7-18)30-11-13-31(14-12-30)24-21(25(34)32-10-2-1-5-23(32)29-24)16-22-26(35)33(27(37)38-22)17-20-4-3-15-36-20/h1-2,5-10,16,20H,3-4,11-15,17H2/b22-16-/t20-/m0/s1. The number of rotatable bonds is 5. The van der Waals surface area contributed by atoms with Crippen LogP contribution in [0.5, 0.6) is 0 Å². The predicted molar refractivity (Wildman–Crippen MR) is 151 cm³/mol. The number of halogens is 1. The number of aromatic nitrogens is 2. The number of ether oxygens (including phenoxy) is 1. The SMILES string of the molecule is O=C1/C(=C/c2c(N3CCN(c4ccc(F)cc4)CC3)nc3ccccn3c2=O)SC(=S)N1C[C@@H]1CCCO1. The Hall–Kier alpha value is -3.28. The Balaban J connectivity index is 1.32. The molecule has 5 heterocycles. The van der Waals surface area contributed by atoms with Gasteiger partial charge in [-0.15, -0.1) is 0 Å². The molecule has 196 valence electrons. The molecule has 0 saturated carbocycles. The molecule has 0 radical (unpaired) electrons. The monoisotopic (exact) mass is 551 g/mol. The van der Waals surface area contributed by atoms with Crippen molar-refractivity contribution in [1.29, 1.82) is 0 Å². The van der Waals surface area contributed by atoms with E-state index in [1.165, 1.54) is 28.3 Å². The van der Waals surface area contributed by atoms with Gasteiger partial charge in [0.15, 0.2) is 0 Å². The number of nitrogens with zero attached hydrogens (tertiary/aromatic N) is 5. The van der Waals surface area contributed by atoms with Gasteiger partial charge in [-0.2, -0.15) is 0 Å². The Morgan fingerprint density at radius 1 is 1.08 bits per heavy atom. The van der Waals surface area contributed by atoms with Crippen LogP contribution < -0.4 is 15.4 Å². The molecule has 38 heavy (non-hydrogen) atoms. The van der Waals surface area contributed by atoms with Crippen LogP contribution in [0.4, 0.5) is 15.9 Å². The van der Waals surface area contributed by atoms with Crippen molar-refractivity contribution in [2.75, 3.05) is 49.1 Å². The second-order valence-electron chi connectivity index (χ2n) is 9.46. The van der Waals surface area contributed by atoms with Gasteiger partial charge in [-0.05, 0) is 55.3 Å². The number of carbonyl (C=O) groups is 1. The molecule has 0 unspecified atom stereocenters. The molecule has 0 bridgehead atoms. The first kappa shape index (κ1) is 25.0. The zero-order valence-electron chi connectivity index (χ0n) is 20.6. The maximum Gasteiger partial charge on any atom is 0.267 e. The van der Waals surface area contributed by atoms with Gasteiger partial charge in [0.25, 0.3) is 11.5 Å². The summed E-state index contributed by atoms with van der Waals surface area (Å²) in [5, 5.41) is 0. The number of fused-ring (bicyclic) bond motifs is 1. The quantitative estimate of drug-likeness (QED) is 0.352. The minimum atomic E-state index is -0.265. The number of anilines is 2. The Morgan fingerprint density at radius 3 is 2.58 bits per heavy atom. The van der Waals surface area contributed by atoms with Crippen LogP contribution in [0.1, 0.15) is 18.4 Å². The van der Waals surface area contributed by atoms with Crippen LogP contribution in [0.3, 0.4) is 0 Å². The highest BCUT2D eigenvalue weighted by atomic mass is 32.2. The largest absolute Gasteiger partial charge is 0.376 e. The van der Waals surface area contributed by atoms with Crippen LogP contribution in [-0.2, 0) is 9.53 Å². The molecule has 6 rings (SSSR count). The van der Waals surface area contributed by atoms with Crippen LogP contribution in [0, 0.1) is 5.82 Å². The van der Waals surface area contributed by atoms with E-state index >= 15 is 0 Å².